The second kappa shape index (κ2) is 7.48. The number of alkyl halides is 1. The van der Waals surface area contributed by atoms with E-state index in [-0.39, 0.29) is 0 Å². The molecule has 0 heterocycles. The fraction of sp³-hybridized carbons (Fsp3) is 1.00. The molecule has 15 heavy (non-hydrogen) atoms. The molecule has 0 bridgehead atoms. The summed E-state index contributed by atoms with van der Waals surface area (Å²) in [5, 5.41) is 0. The monoisotopic (exact) mass is 233 g/mol. The minimum Gasteiger partial charge on any atom is -0.380 e. The summed E-state index contributed by atoms with van der Waals surface area (Å²) < 4.78 is 5.33. The van der Waals surface area contributed by atoms with E-state index in [0.717, 1.165) is 25.0 Å². The number of ether oxygens (including phenoxy) is 1. The highest BCUT2D eigenvalue weighted by atomic mass is 35.5. The van der Waals surface area contributed by atoms with Crippen LogP contribution in [0.4, 0.5) is 0 Å². The Hall–Kier alpha value is 0.210. The van der Waals surface area contributed by atoms with Crippen molar-refractivity contribution >= 4 is 11.6 Å². The highest BCUT2D eigenvalue weighted by Gasteiger charge is 2.21. The zero-order valence-corrected chi connectivity index (χ0v) is 10.8. The quantitative estimate of drug-likeness (QED) is 0.655. The van der Waals surface area contributed by atoms with Crippen molar-refractivity contribution in [2.75, 3.05) is 26.1 Å². The lowest BCUT2D eigenvalue weighted by Gasteiger charge is -2.35. The zero-order chi connectivity index (χ0) is 11.1. The standard InChI is InChI=1S/C12H24ClNO/c1-11(15-2)10-14(9-8-13)12-6-4-3-5-7-12/h11-12H,3-10H2,1-2H3. The van der Waals surface area contributed by atoms with E-state index in [1.54, 1.807) is 7.11 Å². The van der Waals surface area contributed by atoms with Crippen molar-refractivity contribution < 1.29 is 4.74 Å². The second-order valence-electron chi connectivity index (χ2n) is 4.52. The Labute approximate surface area is 98.9 Å². The van der Waals surface area contributed by atoms with Gasteiger partial charge in [-0.3, -0.25) is 4.90 Å². The summed E-state index contributed by atoms with van der Waals surface area (Å²) in [5.74, 6) is 0.729. The van der Waals surface area contributed by atoms with Gasteiger partial charge in [0, 0.05) is 32.1 Å². The van der Waals surface area contributed by atoms with Crippen LogP contribution in [0.5, 0.6) is 0 Å². The first-order chi connectivity index (χ1) is 7.27. The third kappa shape index (κ3) is 4.71. The van der Waals surface area contributed by atoms with Crippen LogP contribution in [0.2, 0.25) is 0 Å². The smallest absolute Gasteiger partial charge is 0.0670 e. The molecule has 1 unspecified atom stereocenters. The Morgan fingerprint density at radius 2 is 2.00 bits per heavy atom. The van der Waals surface area contributed by atoms with Gasteiger partial charge in [-0.2, -0.15) is 0 Å². The molecule has 0 spiro atoms. The van der Waals surface area contributed by atoms with Crippen LogP contribution in [-0.4, -0.2) is 43.1 Å². The van der Waals surface area contributed by atoms with Crippen LogP contribution >= 0.6 is 11.6 Å². The molecule has 1 rings (SSSR count). The van der Waals surface area contributed by atoms with Crippen molar-refractivity contribution in [3.05, 3.63) is 0 Å². The highest BCUT2D eigenvalue weighted by Crippen LogP contribution is 2.22. The van der Waals surface area contributed by atoms with Gasteiger partial charge in [-0.25, -0.2) is 0 Å². The van der Waals surface area contributed by atoms with Crippen LogP contribution < -0.4 is 0 Å². The third-order valence-corrected chi connectivity index (χ3v) is 3.53. The van der Waals surface area contributed by atoms with E-state index < -0.39 is 0 Å². The van der Waals surface area contributed by atoms with Gasteiger partial charge in [-0.15, -0.1) is 11.6 Å². The number of nitrogens with zero attached hydrogens (tertiary/aromatic N) is 1. The first-order valence-electron chi connectivity index (χ1n) is 6.10. The number of methoxy groups -OCH3 is 1. The molecule has 1 aliphatic carbocycles. The van der Waals surface area contributed by atoms with Crippen molar-refractivity contribution in [1.29, 1.82) is 0 Å². The van der Waals surface area contributed by atoms with Gasteiger partial charge in [0.2, 0.25) is 0 Å². The first-order valence-corrected chi connectivity index (χ1v) is 6.64. The normalized spacial score (nSPS) is 20.8. The lowest BCUT2D eigenvalue weighted by Crippen LogP contribution is -2.42. The molecule has 1 aliphatic rings. The number of halogens is 1. The molecule has 1 atom stereocenters. The summed E-state index contributed by atoms with van der Waals surface area (Å²) in [7, 11) is 1.78. The summed E-state index contributed by atoms with van der Waals surface area (Å²) in [6, 6.07) is 0.745. The molecule has 0 N–H and O–H groups in total. The third-order valence-electron chi connectivity index (χ3n) is 3.36. The van der Waals surface area contributed by atoms with Crippen molar-refractivity contribution in [3.63, 3.8) is 0 Å². The number of hydrogen-bond acceptors (Lipinski definition) is 2. The predicted molar refractivity (Wildman–Crippen MR) is 65.6 cm³/mol. The number of rotatable bonds is 6. The molecular weight excluding hydrogens is 210 g/mol. The van der Waals surface area contributed by atoms with Crippen LogP contribution in [0.15, 0.2) is 0 Å². The van der Waals surface area contributed by atoms with E-state index in [4.69, 9.17) is 16.3 Å². The summed E-state index contributed by atoms with van der Waals surface area (Å²) in [5.41, 5.74) is 0. The first kappa shape index (κ1) is 13.3. The molecular formula is C12H24ClNO. The maximum absolute atomic E-state index is 5.86. The molecule has 0 aromatic heterocycles. The molecule has 0 aliphatic heterocycles. The van der Waals surface area contributed by atoms with Crippen LogP contribution in [0.1, 0.15) is 39.0 Å². The van der Waals surface area contributed by atoms with E-state index in [1.807, 2.05) is 0 Å². The average molecular weight is 234 g/mol. The summed E-state index contributed by atoms with van der Waals surface area (Å²) >= 11 is 5.86. The van der Waals surface area contributed by atoms with E-state index >= 15 is 0 Å². The Balaban J connectivity index is 2.39. The van der Waals surface area contributed by atoms with Gasteiger partial charge in [-0.1, -0.05) is 19.3 Å². The lowest BCUT2D eigenvalue weighted by molar-refractivity contribution is 0.0538. The Kier molecular flexibility index (Phi) is 6.62. The molecule has 1 saturated carbocycles. The van der Waals surface area contributed by atoms with Gasteiger partial charge in [0.05, 0.1) is 6.10 Å². The zero-order valence-electron chi connectivity index (χ0n) is 10.0. The summed E-state index contributed by atoms with van der Waals surface area (Å²) in [6.45, 7) is 4.15. The summed E-state index contributed by atoms with van der Waals surface area (Å²) in [4.78, 5) is 2.51. The van der Waals surface area contributed by atoms with Gasteiger partial charge in [0.25, 0.3) is 0 Å². The van der Waals surface area contributed by atoms with Gasteiger partial charge >= 0.3 is 0 Å². The lowest BCUT2D eigenvalue weighted by atomic mass is 9.94. The molecule has 0 amide bonds. The van der Waals surface area contributed by atoms with E-state index in [0.29, 0.717) is 6.10 Å². The molecule has 0 aromatic rings. The summed E-state index contributed by atoms with van der Waals surface area (Å²) in [6.07, 6.45) is 7.16. The highest BCUT2D eigenvalue weighted by molar-refractivity contribution is 6.18. The second-order valence-corrected chi connectivity index (χ2v) is 4.90. The van der Waals surface area contributed by atoms with Gasteiger partial charge in [0.15, 0.2) is 0 Å². The topological polar surface area (TPSA) is 12.5 Å². The maximum atomic E-state index is 5.86. The van der Waals surface area contributed by atoms with Gasteiger partial charge in [0.1, 0.15) is 0 Å². The van der Waals surface area contributed by atoms with Crippen LogP contribution in [0.3, 0.4) is 0 Å². The van der Waals surface area contributed by atoms with Crippen molar-refractivity contribution in [1.82, 2.24) is 4.90 Å². The van der Waals surface area contributed by atoms with Crippen LogP contribution in [-0.2, 0) is 4.74 Å². The van der Waals surface area contributed by atoms with Crippen molar-refractivity contribution in [3.8, 4) is 0 Å². The van der Waals surface area contributed by atoms with Gasteiger partial charge in [-0.05, 0) is 19.8 Å². The van der Waals surface area contributed by atoms with Crippen molar-refractivity contribution in [2.45, 2.75) is 51.2 Å². The molecule has 0 aromatic carbocycles. The Bertz CT molecular complexity index is 160. The molecule has 2 nitrogen and oxygen atoms in total. The molecule has 0 saturated heterocycles. The average Bonchev–Trinajstić information content (AvgIpc) is 2.29. The van der Waals surface area contributed by atoms with Crippen molar-refractivity contribution in [2.24, 2.45) is 0 Å². The maximum Gasteiger partial charge on any atom is 0.0670 e. The van der Waals surface area contributed by atoms with E-state index in [9.17, 15) is 0 Å². The molecule has 3 heteroatoms. The SMILES string of the molecule is COC(C)CN(CCCl)C1CCCCC1. The van der Waals surface area contributed by atoms with E-state index in [2.05, 4.69) is 11.8 Å². The molecule has 0 radical (unpaired) electrons. The van der Waals surface area contributed by atoms with E-state index in [1.165, 1.54) is 32.1 Å². The fourth-order valence-corrected chi connectivity index (χ4v) is 2.60. The molecule has 90 valence electrons. The van der Waals surface area contributed by atoms with Gasteiger partial charge < -0.3 is 4.74 Å². The number of hydrogen-bond donors (Lipinski definition) is 0. The minimum atomic E-state index is 0.315. The van der Waals surface area contributed by atoms with Crippen LogP contribution in [0.25, 0.3) is 0 Å². The fourth-order valence-electron chi connectivity index (χ4n) is 2.38. The largest absolute Gasteiger partial charge is 0.380 e. The Morgan fingerprint density at radius 3 is 2.53 bits per heavy atom. The predicted octanol–water partition coefficient (Wildman–Crippen LogP) is 2.89. The molecule has 1 fully saturated rings. The van der Waals surface area contributed by atoms with Crippen LogP contribution in [0, 0.1) is 0 Å². The Morgan fingerprint density at radius 1 is 1.33 bits per heavy atom. The minimum absolute atomic E-state index is 0.315.